The molecule has 0 bridgehead atoms. The first-order chi connectivity index (χ1) is 21.0. The van der Waals surface area contributed by atoms with Crippen LogP contribution in [0.3, 0.4) is 0 Å². The average molecular weight is 637 g/mol. The number of nitrogen functional groups attached to an aromatic ring is 1. The molecule has 1 unspecified atom stereocenters. The van der Waals surface area contributed by atoms with Gasteiger partial charge in [0.25, 0.3) is 11.8 Å². The number of amides is 4. The highest BCUT2D eigenvalue weighted by Crippen LogP contribution is 2.36. The summed E-state index contributed by atoms with van der Waals surface area (Å²) in [7, 11) is 0. The second-order valence-electron chi connectivity index (χ2n) is 9.85. The van der Waals surface area contributed by atoms with Crippen LogP contribution in [0, 0.1) is 11.2 Å². The first-order valence-corrected chi connectivity index (χ1v) is 12.8. The molecule has 0 aromatic heterocycles. The summed E-state index contributed by atoms with van der Waals surface area (Å²) in [5.41, 5.74) is 2.40. The van der Waals surface area contributed by atoms with Crippen LogP contribution in [0.5, 0.6) is 0 Å². The van der Waals surface area contributed by atoms with Crippen molar-refractivity contribution in [1.82, 2.24) is 16.0 Å². The van der Waals surface area contributed by atoms with Gasteiger partial charge < -0.3 is 32.4 Å². The van der Waals surface area contributed by atoms with E-state index < -0.39 is 70.9 Å². The van der Waals surface area contributed by atoms with Gasteiger partial charge in [0.15, 0.2) is 0 Å². The maximum absolute atomic E-state index is 14.8. The van der Waals surface area contributed by atoms with Crippen LogP contribution in [0.1, 0.15) is 51.1 Å². The Bertz CT molecular complexity index is 1700. The third-order valence-electron chi connectivity index (χ3n) is 6.68. The molecule has 45 heavy (non-hydrogen) atoms. The van der Waals surface area contributed by atoms with Crippen LogP contribution < -0.4 is 27.0 Å². The van der Waals surface area contributed by atoms with Gasteiger partial charge in [0.05, 0.1) is 28.3 Å². The monoisotopic (exact) mass is 636 g/mol. The van der Waals surface area contributed by atoms with E-state index in [1.54, 1.807) is 0 Å². The number of hydrogen-bond acceptors (Lipinski definition) is 5. The third kappa shape index (κ3) is 7.39. The number of nitrogens with one attached hydrogen (secondary N) is 5. The van der Waals surface area contributed by atoms with Crippen molar-refractivity contribution >= 4 is 35.4 Å². The normalized spacial score (nSPS) is 15.2. The van der Waals surface area contributed by atoms with Crippen molar-refractivity contribution in [2.24, 2.45) is 0 Å². The van der Waals surface area contributed by atoms with Gasteiger partial charge >= 0.3 is 18.4 Å². The van der Waals surface area contributed by atoms with Crippen molar-refractivity contribution in [3.05, 3.63) is 105 Å². The van der Waals surface area contributed by atoms with Crippen LogP contribution in [0.25, 0.3) is 0 Å². The maximum Gasteiger partial charge on any atom is 0.416 e. The molecule has 236 valence electrons. The van der Waals surface area contributed by atoms with Crippen LogP contribution >= 0.6 is 0 Å². The number of halogens is 7. The van der Waals surface area contributed by atoms with Crippen molar-refractivity contribution in [1.29, 1.82) is 5.41 Å². The smallest absolute Gasteiger partial charge is 0.398 e. The average Bonchev–Trinajstić information content (AvgIpc) is 2.95. The maximum atomic E-state index is 14.8. The lowest BCUT2D eigenvalue weighted by molar-refractivity contribution is -0.143. The molecule has 0 aliphatic carbocycles. The van der Waals surface area contributed by atoms with Crippen molar-refractivity contribution in [3.8, 4) is 0 Å². The Labute approximate surface area is 250 Å². The third-order valence-corrected chi connectivity index (χ3v) is 6.68. The van der Waals surface area contributed by atoms with Crippen LogP contribution in [0.2, 0.25) is 0 Å². The molecule has 0 fully saturated rings. The minimum Gasteiger partial charge on any atom is -0.398 e. The molecule has 4 rings (SSSR count). The van der Waals surface area contributed by atoms with E-state index >= 15 is 0 Å². The number of nitrogens with two attached hydrogens (primary N) is 1. The minimum atomic E-state index is -5.11. The van der Waals surface area contributed by atoms with Gasteiger partial charge in [0.2, 0.25) is 0 Å². The highest BCUT2D eigenvalue weighted by atomic mass is 19.4. The predicted molar refractivity (Wildman–Crippen MR) is 148 cm³/mol. The van der Waals surface area contributed by atoms with Gasteiger partial charge in [-0.15, -0.1) is 0 Å². The second kappa shape index (κ2) is 12.3. The molecule has 0 saturated heterocycles. The molecule has 4 amide bonds. The first kappa shape index (κ1) is 32.5. The zero-order valence-corrected chi connectivity index (χ0v) is 23.0. The molecule has 1 aliphatic rings. The van der Waals surface area contributed by atoms with Crippen molar-refractivity contribution < 1.29 is 45.1 Å². The van der Waals surface area contributed by atoms with Gasteiger partial charge in [-0.3, -0.25) is 9.59 Å². The van der Waals surface area contributed by atoms with Gasteiger partial charge in [-0.25, -0.2) is 9.18 Å². The topological polar surface area (TPSA) is 149 Å². The van der Waals surface area contributed by atoms with E-state index in [9.17, 15) is 45.1 Å². The molecule has 7 N–H and O–H groups in total. The van der Waals surface area contributed by atoms with E-state index in [0.717, 1.165) is 18.3 Å². The Morgan fingerprint density at radius 2 is 1.60 bits per heavy atom. The van der Waals surface area contributed by atoms with E-state index in [1.165, 1.54) is 31.2 Å². The van der Waals surface area contributed by atoms with Gasteiger partial charge in [-0.2, -0.15) is 26.3 Å². The lowest BCUT2D eigenvalue weighted by atomic mass is 9.93. The van der Waals surface area contributed by atoms with E-state index in [2.05, 4.69) is 21.3 Å². The number of rotatable bonds is 7. The fourth-order valence-electron chi connectivity index (χ4n) is 4.52. The van der Waals surface area contributed by atoms with Gasteiger partial charge in [-0.1, -0.05) is 6.07 Å². The molecule has 16 heteroatoms. The zero-order valence-electron chi connectivity index (χ0n) is 23.0. The summed E-state index contributed by atoms with van der Waals surface area (Å²) in [6.45, 7) is 0.611. The SMILES string of the molecule is CC1=C(C(=O)Nc2ccc(N)c(C=N)c2)C(c2ccc(F)c(C(=O)NCc3cc(C(F)(F)F)cc(C(F)(F)F)c3)c2)NC(=O)N1. The number of carbonyl (C=O) groups is 3. The van der Waals surface area contributed by atoms with Crippen LogP contribution in [0.4, 0.5) is 46.9 Å². The molecule has 0 spiro atoms. The number of anilines is 2. The Morgan fingerprint density at radius 1 is 0.956 bits per heavy atom. The Hall–Kier alpha value is -5.41. The van der Waals surface area contributed by atoms with E-state index in [-0.39, 0.29) is 34.3 Å². The van der Waals surface area contributed by atoms with Crippen LogP contribution in [0.15, 0.2) is 65.9 Å². The molecule has 1 heterocycles. The summed E-state index contributed by atoms with van der Waals surface area (Å²) in [6.07, 6.45) is -9.23. The van der Waals surface area contributed by atoms with Crippen molar-refractivity contribution in [2.45, 2.75) is 31.9 Å². The first-order valence-electron chi connectivity index (χ1n) is 12.8. The van der Waals surface area contributed by atoms with Gasteiger partial charge in [0.1, 0.15) is 5.82 Å². The number of alkyl halides is 6. The molecule has 1 atom stereocenters. The zero-order chi connectivity index (χ0) is 33.3. The van der Waals surface area contributed by atoms with E-state index in [4.69, 9.17) is 11.1 Å². The summed E-state index contributed by atoms with van der Waals surface area (Å²) in [4.78, 5) is 38.5. The highest BCUT2D eigenvalue weighted by molar-refractivity contribution is 6.07. The van der Waals surface area contributed by atoms with E-state index in [0.29, 0.717) is 17.7 Å². The molecule has 9 nitrogen and oxygen atoms in total. The summed E-state index contributed by atoms with van der Waals surface area (Å²) < 4.78 is 94.0. The molecule has 0 saturated carbocycles. The lowest BCUT2D eigenvalue weighted by Gasteiger charge is -2.29. The fourth-order valence-corrected chi connectivity index (χ4v) is 4.52. The number of allylic oxidation sites excluding steroid dienone is 1. The number of benzene rings is 3. The Kier molecular flexibility index (Phi) is 8.88. The molecule has 3 aromatic carbocycles. The minimum absolute atomic E-state index is 0.0376. The Morgan fingerprint density at radius 3 is 2.20 bits per heavy atom. The quantitative estimate of drug-likeness (QED) is 0.113. The summed E-state index contributed by atoms with van der Waals surface area (Å²) >= 11 is 0. The molecule has 1 aliphatic heterocycles. The number of urea groups is 1. The predicted octanol–water partition coefficient (Wildman–Crippen LogP) is 5.64. The van der Waals surface area contributed by atoms with Crippen LogP contribution in [-0.4, -0.2) is 24.1 Å². The summed E-state index contributed by atoms with van der Waals surface area (Å²) in [5, 5.41) is 17.1. The van der Waals surface area contributed by atoms with Gasteiger partial charge in [0, 0.05) is 35.4 Å². The van der Waals surface area contributed by atoms with Gasteiger partial charge in [-0.05, 0) is 66.6 Å². The second-order valence-corrected chi connectivity index (χ2v) is 9.85. The molecule has 3 aromatic rings. The molecular weight excluding hydrogens is 613 g/mol. The lowest BCUT2D eigenvalue weighted by Crippen LogP contribution is -2.46. The number of carbonyl (C=O) groups excluding carboxylic acids is 3. The summed E-state index contributed by atoms with van der Waals surface area (Å²) in [5.74, 6) is -3.00. The van der Waals surface area contributed by atoms with Crippen molar-refractivity contribution in [2.75, 3.05) is 11.1 Å². The molecular formula is C29H23F7N6O3. The number of hydrogen-bond donors (Lipinski definition) is 6. The van der Waals surface area contributed by atoms with E-state index in [1.807, 2.05) is 0 Å². The van der Waals surface area contributed by atoms with Crippen molar-refractivity contribution in [3.63, 3.8) is 0 Å². The summed E-state index contributed by atoms with van der Waals surface area (Å²) in [6, 6.07) is 6.24. The standard InChI is InChI=1S/C29H23F7N6O3/c1-13-23(26(44)41-19-3-5-22(38)16(8-19)11-37)24(42-27(45)40-13)15-2-4-21(30)20(9-15)25(43)39-12-14-6-17(28(31,32)33)10-18(7-14)29(34,35)36/h2-11,24,37H,12,38H2,1H3,(H,39,43)(H,41,44)(H2,40,42,45). The largest absolute Gasteiger partial charge is 0.416 e. The highest BCUT2D eigenvalue weighted by Gasteiger charge is 2.37. The Balaban J connectivity index is 1.61. The van der Waals surface area contributed by atoms with Crippen LogP contribution in [-0.2, 0) is 23.7 Å². The molecule has 0 radical (unpaired) electrons. The fraction of sp³-hybridized carbons (Fsp3) is 0.172.